The van der Waals surface area contributed by atoms with Crippen molar-refractivity contribution >= 4 is 12.3 Å². The number of hydrogen-bond acceptors (Lipinski definition) is 3. The van der Waals surface area contributed by atoms with Crippen molar-refractivity contribution in [2.24, 2.45) is 0 Å². The Morgan fingerprint density at radius 2 is 1.62 bits per heavy atom. The fraction of sp³-hybridized carbons (Fsp3) is 0.273. The number of carbonyl (C=O) groups excluding carboxylic acids is 1. The zero-order valence-corrected chi connectivity index (χ0v) is 9.79. The molecule has 1 aromatic rings. The van der Waals surface area contributed by atoms with Crippen LogP contribution < -0.4 is 0 Å². The van der Waals surface area contributed by atoms with E-state index in [0.717, 1.165) is 0 Å². The minimum absolute atomic E-state index is 0.112. The number of aldehydes is 1. The van der Waals surface area contributed by atoms with Crippen molar-refractivity contribution in [3.8, 4) is 0 Å². The van der Waals surface area contributed by atoms with Gasteiger partial charge in [0.25, 0.3) is 0 Å². The summed E-state index contributed by atoms with van der Waals surface area (Å²) < 4.78 is 76.7. The number of halogens is 6. The van der Waals surface area contributed by atoms with E-state index in [4.69, 9.17) is 5.11 Å². The molecule has 1 atom stereocenters. The summed E-state index contributed by atoms with van der Waals surface area (Å²) in [6.45, 7) is 0. The molecule has 0 fully saturated rings. The first-order valence-electron chi connectivity index (χ1n) is 5.08. The van der Waals surface area contributed by atoms with Crippen LogP contribution in [0.1, 0.15) is 33.2 Å². The Bertz CT molecular complexity index is 575. The number of carboxylic acids is 1. The third-order valence-corrected chi connectivity index (χ3v) is 2.50. The first-order valence-corrected chi connectivity index (χ1v) is 5.08. The largest absolute Gasteiger partial charge is 0.479 e. The van der Waals surface area contributed by atoms with Crippen molar-refractivity contribution in [3.05, 3.63) is 34.4 Å². The molecule has 1 aromatic carbocycles. The first kappa shape index (κ1) is 17.0. The van der Waals surface area contributed by atoms with Gasteiger partial charge in [0, 0.05) is 11.1 Å². The van der Waals surface area contributed by atoms with Crippen molar-refractivity contribution in [1.82, 2.24) is 0 Å². The van der Waals surface area contributed by atoms with E-state index in [-0.39, 0.29) is 18.4 Å². The molecule has 0 aliphatic carbocycles. The lowest BCUT2D eigenvalue weighted by molar-refractivity contribution is -0.153. The maximum Gasteiger partial charge on any atom is 0.417 e. The van der Waals surface area contributed by atoms with Crippen molar-refractivity contribution in [2.45, 2.75) is 18.5 Å². The fourth-order valence-electron chi connectivity index (χ4n) is 1.71. The topological polar surface area (TPSA) is 74.6 Å². The second-order valence-corrected chi connectivity index (χ2v) is 3.85. The second kappa shape index (κ2) is 5.35. The van der Waals surface area contributed by atoms with Gasteiger partial charge in [0.1, 0.15) is 0 Å². The van der Waals surface area contributed by atoms with Gasteiger partial charge >= 0.3 is 18.3 Å². The zero-order chi connectivity index (χ0) is 16.6. The molecule has 0 saturated heterocycles. The maximum atomic E-state index is 12.9. The molecule has 1 unspecified atom stereocenters. The lowest BCUT2D eigenvalue weighted by Gasteiger charge is -2.21. The Labute approximate surface area is 112 Å². The normalized spacial score (nSPS) is 13.9. The van der Waals surface area contributed by atoms with E-state index in [0.29, 0.717) is 0 Å². The van der Waals surface area contributed by atoms with Crippen LogP contribution in [0.5, 0.6) is 0 Å². The smallest absolute Gasteiger partial charge is 0.417 e. The lowest BCUT2D eigenvalue weighted by atomic mass is 9.91. The average molecular weight is 316 g/mol. The lowest BCUT2D eigenvalue weighted by Crippen LogP contribution is -2.24. The van der Waals surface area contributed by atoms with E-state index in [2.05, 4.69) is 0 Å². The van der Waals surface area contributed by atoms with Gasteiger partial charge in [0.05, 0.1) is 11.1 Å². The Hall–Kier alpha value is -2.10. The molecule has 21 heavy (non-hydrogen) atoms. The van der Waals surface area contributed by atoms with Crippen LogP contribution in [-0.2, 0) is 17.1 Å². The molecule has 10 heteroatoms. The van der Waals surface area contributed by atoms with Crippen LogP contribution in [0.3, 0.4) is 0 Å². The summed E-state index contributed by atoms with van der Waals surface area (Å²) in [4.78, 5) is 21.2. The zero-order valence-electron chi connectivity index (χ0n) is 9.79. The van der Waals surface area contributed by atoms with Gasteiger partial charge in [0.15, 0.2) is 12.4 Å². The summed E-state index contributed by atoms with van der Waals surface area (Å²) >= 11 is 0. The van der Waals surface area contributed by atoms with Crippen LogP contribution in [0.2, 0.25) is 0 Å². The number of aliphatic carboxylic acids is 1. The van der Waals surface area contributed by atoms with Crippen molar-refractivity contribution < 1.29 is 46.1 Å². The molecular weight excluding hydrogens is 310 g/mol. The Morgan fingerprint density at radius 1 is 1.10 bits per heavy atom. The van der Waals surface area contributed by atoms with E-state index in [1.165, 1.54) is 0 Å². The van der Waals surface area contributed by atoms with E-state index < -0.39 is 46.7 Å². The molecule has 0 aliphatic heterocycles. The number of alkyl halides is 6. The number of carbonyl (C=O) groups is 2. The summed E-state index contributed by atoms with van der Waals surface area (Å²) in [5.74, 6) is -2.31. The van der Waals surface area contributed by atoms with Crippen LogP contribution in [-0.4, -0.2) is 22.5 Å². The highest BCUT2D eigenvalue weighted by molar-refractivity contribution is 5.82. The number of aliphatic hydroxyl groups excluding tert-OH is 1. The third-order valence-electron chi connectivity index (χ3n) is 2.50. The fourth-order valence-corrected chi connectivity index (χ4v) is 1.71. The average Bonchev–Trinajstić information content (AvgIpc) is 2.33. The van der Waals surface area contributed by atoms with Crippen LogP contribution in [0, 0.1) is 0 Å². The van der Waals surface area contributed by atoms with Gasteiger partial charge in [-0.3, -0.25) is 4.79 Å². The molecular formula is C11H6F6O4. The first-order chi connectivity index (χ1) is 9.41. The monoisotopic (exact) mass is 316 g/mol. The van der Waals surface area contributed by atoms with Gasteiger partial charge in [-0.05, 0) is 6.07 Å². The summed E-state index contributed by atoms with van der Waals surface area (Å²) in [7, 11) is 0. The molecule has 0 aromatic heterocycles. The van der Waals surface area contributed by atoms with Gasteiger partial charge < -0.3 is 10.2 Å². The van der Waals surface area contributed by atoms with Gasteiger partial charge in [-0.25, -0.2) is 4.79 Å². The molecule has 0 bridgehead atoms. The van der Waals surface area contributed by atoms with Crippen LogP contribution in [0.15, 0.2) is 12.1 Å². The highest BCUT2D eigenvalue weighted by Gasteiger charge is 2.45. The molecule has 4 nitrogen and oxygen atoms in total. The summed E-state index contributed by atoms with van der Waals surface area (Å²) in [5, 5.41) is 17.7. The van der Waals surface area contributed by atoms with Crippen molar-refractivity contribution in [2.75, 3.05) is 0 Å². The third kappa shape index (κ3) is 3.32. The molecule has 2 N–H and O–H groups in total. The quantitative estimate of drug-likeness (QED) is 0.664. The summed E-state index contributed by atoms with van der Waals surface area (Å²) in [6.07, 6.45) is -14.3. The van der Waals surface area contributed by atoms with E-state index in [1.54, 1.807) is 0 Å². The molecule has 0 aliphatic rings. The van der Waals surface area contributed by atoms with E-state index in [9.17, 15) is 41.0 Å². The maximum absolute atomic E-state index is 12.9. The molecule has 0 radical (unpaired) electrons. The number of hydrogen-bond donors (Lipinski definition) is 2. The van der Waals surface area contributed by atoms with Crippen molar-refractivity contribution in [1.29, 1.82) is 0 Å². The molecule has 0 amide bonds. The van der Waals surface area contributed by atoms with Crippen LogP contribution in [0.4, 0.5) is 26.3 Å². The summed E-state index contributed by atoms with van der Waals surface area (Å²) in [6, 6.07) is 0.372. The van der Waals surface area contributed by atoms with Gasteiger partial charge in [-0.2, -0.15) is 26.3 Å². The van der Waals surface area contributed by atoms with Crippen LogP contribution >= 0.6 is 0 Å². The van der Waals surface area contributed by atoms with Crippen molar-refractivity contribution in [3.63, 3.8) is 0 Å². The predicted molar refractivity (Wildman–Crippen MR) is 54.4 cm³/mol. The van der Waals surface area contributed by atoms with E-state index in [1.807, 2.05) is 0 Å². The highest BCUT2D eigenvalue weighted by Crippen LogP contribution is 2.43. The Kier molecular flexibility index (Phi) is 4.32. The molecule has 0 heterocycles. The van der Waals surface area contributed by atoms with Gasteiger partial charge in [0.2, 0.25) is 0 Å². The predicted octanol–water partition coefficient (Wildman–Crippen LogP) is 2.65. The molecule has 0 spiro atoms. The number of carboxylic acid groups (broad SMARTS) is 1. The standard InChI is InChI=1S/C11H6F6O4/c12-10(13,14)5-2-1-4(3-18)7(11(15,16)17)6(5)8(19)9(20)21/h1-3,8,19H,(H,20,21). The highest BCUT2D eigenvalue weighted by atomic mass is 19.4. The SMILES string of the molecule is O=Cc1ccc(C(F)(F)F)c(C(O)C(=O)O)c1C(F)(F)F. The number of rotatable bonds is 3. The Balaban J connectivity index is 3.88. The number of benzene rings is 1. The van der Waals surface area contributed by atoms with E-state index >= 15 is 0 Å². The second-order valence-electron chi connectivity index (χ2n) is 3.85. The summed E-state index contributed by atoms with van der Waals surface area (Å²) in [5.41, 5.74) is -7.21. The molecule has 116 valence electrons. The van der Waals surface area contributed by atoms with Gasteiger partial charge in [-0.1, -0.05) is 6.07 Å². The van der Waals surface area contributed by atoms with Gasteiger partial charge in [-0.15, -0.1) is 0 Å². The molecule has 1 rings (SSSR count). The molecule has 0 saturated carbocycles. The minimum Gasteiger partial charge on any atom is -0.479 e. The number of aliphatic hydroxyl groups is 1. The van der Waals surface area contributed by atoms with Crippen LogP contribution in [0.25, 0.3) is 0 Å². The Morgan fingerprint density at radius 3 is 1.95 bits per heavy atom. The minimum atomic E-state index is -5.46.